The second kappa shape index (κ2) is 8.68. The lowest BCUT2D eigenvalue weighted by Gasteiger charge is -2.37. The van der Waals surface area contributed by atoms with E-state index < -0.39 is 0 Å². The fourth-order valence-corrected chi connectivity index (χ4v) is 7.49. The van der Waals surface area contributed by atoms with Crippen LogP contribution in [0.25, 0.3) is 44.2 Å². The zero-order valence-corrected chi connectivity index (χ0v) is 22.5. The van der Waals surface area contributed by atoms with Crippen LogP contribution in [0.3, 0.4) is 0 Å². The first kappa shape index (κ1) is 22.8. The van der Waals surface area contributed by atoms with Crippen molar-refractivity contribution in [1.82, 2.24) is 9.55 Å². The zero-order valence-electron chi connectivity index (χ0n) is 22.5. The number of hydrogen-bond acceptors (Lipinski definition) is 1. The van der Waals surface area contributed by atoms with Gasteiger partial charge in [0.25, 0.3) is 0 Å². The van der Waals surface area contributed by atoms with Gasteiger partial charge in [0.15, 0.2) is 0 Å². The van der Waals surface area contributed by atoms with E-state index in [1.54, 1.807) is 0 Å². The maximum atomic E-state index is 5.21. The van der Waals surface area contributed by atoms with Gasteiger partial charge in [-0.1, -0.05) is 98.0 Å². The molecule has 2 heteroatoms. The summed E-state index contributed by atoms with van der Waals surface area (Å²) in [5.74, 6) is 2.75. The van der Waals surface area contributed by atoms with Crippen LogP contribution in [0.15, 0.2) is 103 Å². The normalized spacial score (nSPS) is 23.8. The summed E-state index contributed by atoms with van der Waals surface area (Å²) in [5, 5.41) is 5.51. The number of imidazole rings is 1. The van der Waals surface area contributed by atoms with Crippen LogP contribution in [-0.4, -0.2) is 9.55 Å². The van der Waals surface area contributed by atoms with E-state index in [1.165, 1.54) is 55.7 Å². The van der Waals surface area contributed by atoms with Crippen molar-refractivity contribution in [2.45, 2.75) is 31.6 Å². The first-order chi connectivity index (χ1) is 19.2. The summed E-state index contributed by atoms with van der Waals surface area (Å²) in [6.07, 6.45) is 18.6. The standard InChI is InChI=1S/C37H32N2/c1-23-11-3-4-12-25(23)37-38-34-21-24(19-20-35(34)39(37)2)32-22-33-28-15-6-5-13-26(28)27-14-7-9-17-30(27)36(33)31-18-10-8-16-29(31)32/h3-9,11-17,19-23,25,29,31H,10,18H2,1-2H3. The van der Waals surface area contributed by atoms with Crippen LogP contribution in [0.2, 0.25) is 0 Å². The Morgan fingerprint density at radius 1 is 0.795 bits per heavy atom. The SMILES string of the molecule is CC1C=CC=CC1c1nc2cc(C3=Cc4c(c5ccccc5c5ccccc45)C4CCC=CC34)ccc2n1C. The third-order valence-electron chi connectivity index (χ3n) is 9.42. The molecule has 39 heavy (non-hydrogen) atoms. The highest BCUT2D eigenvalue weighted by molar-refractivity contribution is 6.15. The number of allylic oxidation sites excluding steroid dienone is 7. The van der Waals surface area contributed by atoms with Crippen LogP contribution < -0.4 is 0 Å². The molecule has 0 N–H and O–H groups in total. The van der Waals surface area contributed by atoms with Gasteiger partial charge in [-0.3, -0.25) is 0 Å². The smallest absolute Gasteiger partial charge is 0.117 e. The van der Waals surface area contributed by atoms with E-state index in [0.717, 1.165) is 17.8 Å². The van der Waals surface area contributed by atoms with Gasteiger partial charge in [-0.25, -0.2) is 4.98 Å². The molecule has 0 fully saturated rings. The highest BCUT2D eigenvalue weighted by Gasteiger charge is 2.34. The quantitative estimate of drug-likeness (QED) is 0.173. The Kier molecular flexibility index (Phi) is 5.07. The molecular weight excluding hydrogens is 472 g/mol. The topological polar surface area (TPSA) is 17.8 Å². The zero-order chi connectivity index (χ0) is 26.1. The Morgan fingerprint density at radius 3 is 2.36 bits per heavy atom. The maximum Gasteiger partial charge on any atom is 0.117 e. The van der Waals surface area contributed by atoms with Crippen molar-refractivity contribution in [2.24, 2.45) is 18.9 Å². The van der Waals surface area contributed by atoms with Crippen LogP contribution in [0.5, 0.6) is 0 Å². The van der Waals surface area contributed by atoms with Gasteiger partial charge in [0.2, 0.25) is 0 Å². The molecule has 0 amide bonds. The molecule has 2 nitrogen and oxygen atoms in total. The van der Waals surface area contributed by atoms with Gasteiger partial charge in [-0.15, -0.1) is 0 Å². The molecule has 190 valence electrons. The monoisotopic (exact) mass is 504 g/mol. The van der Waals surface area contributed by atoms with Crippen molar-refractivity contribution in [3.05, 3.63) is 126 Å². The number of nitrogens with zero attached hydrogens (tertiary/aromatic N) is 2. The summed E-state index contributed by atoms with van der Waals surface area (Å²) in [4.78, 5) is 5.21. The molecule has 5 aromatic rings. The van der Waals surface area contributed by atoms with Crippen molar-refractivity contribution in [3.8, 4) is 0 Å². The largest absolute Gasteiger partial charge is 0.331 e. The molecule has 0 saturated heterocycles. The number of fused-ring (bicyclic) bond motifs is 9. The average Bonchev–Trinajstić information content (AvgIpc) is 3.32. The van der Waals surface area contributed by atoms with Crippen molar-refractivity contribution in [2.75, 3.05) is 0 Å². The van der Waals surface area contributed by atoms with E-state index in [9.17, 15) is 0 Å². The number of benzene rings is 4. The summed E-state index contributed by atoms with van der Waals surface area (Å²) < 4.78 is 2.29. The van der Waals surface area contributed by atoms with Gasteiger partial charge >= 0.3 is 0 Å². The summed E-state index contributed by atoms with van der Waals surface area (Å²) >= 11 is 0. The molecule has 4 atom stereocenters. The van der Waals surface area contributed by atoms with E-state index in [1.807, 2.05) is 0 Å². The second-order valence-corrected chi connectivity index (χ2v) is 11.5. The molecule has 1 heterocycles. The predicted molar refractivity (Wildman–Crippen MR) is 165 cm³/mol. The Hall–Kier alpha value is -4.17. The highest BCUT2D eigenvalue weighted by atomic mass is 15.1. The van der Waals surface area contributed by atoms with Crippen LogP contribution in [0, 0.1) is 11.8 Å². The molecule has 3 aliphatic rings. The van der Waals surface area contributed by atoms with Gasteiger partial charge in [-0.05, 0) is 86.7 Å². The van der Waals surface area contributed by atoms with E-state index in [4.69, 9.17) is 4.98 Å². The average molecular weight is 505 g/mol. The molecule has 4 aromatic carbocycles. The molecule has 4 unspecified atom stereocenters. The Labute approximate surface area is 229 Å². The van der Waals surface area contributed by atoms with Crippen molar-refractivity contribution in [3.63, 3.8) is 0 Å². The van der Waals surface area contributed by atoms with Crippen LogP contribution in [0.4, 0.5) is 0 Å². The lowest BCUT2D eigenvalue weighted by molar-refractivity contribution is 0.540. The minimum atomic E-state index is 0.307. The Bertz CT molecular complexity index is 1910. The fraction of sp³-hybridized carbons (Fsp3) is 0.216. The number of aromatic nitrogens is 2. The fourth-order valence-electron chi connectivity index (χ4n) is 7.49. The first-order valence-electron chi connectivity index (χ1n) is 14.3. The van der Waals surface area contributed by atoms with E-state index in [2.05, 4.69) is 128 Å². The van der Waals surface area contributed by atoms with Crippen molar-refractivity contribution < 1.29 is 0 Å². The maximum absolute atomic E-state index is 5.21. The summed E-state index contributed by atoms with van der Waals surface area (Å²) in [7, 11) is 2.16. The van der Waals surface area contributed by atoms with Crippen LogP contribution in [0.1, 0.15) is 54.1 Å². The molecule has 0 aliphatic heterocycles. The Morgan fingerprint density at radius 2 is 1.54 bits per heavy atom. The van der Waals surface area contributed by atoms with E-state index >= 15 is 0 Å². The molecule has 0 radical (unpaired) electrons. The summed E-state index contributed by atoms with van der Waals surface area (Å²) in [6.45, 7) is 2.28. The summed E-state index contributed by atoms with van der Waals surface area (Å²) in [6, 6.07) is 24.9. The van der Waals surface area contributed by atoms with Gasteiger partial charge in [-0.2, -0.15) is 0 Å². The number of hydrogen-bond donors (Lipinski definition) is 0. The molecule has 0 bridgehead atoms. The molecule has 0 spiro atoms. The van der Waals surface area contributed by atoms with Gasteiger partial charge < -0.3 is 4.57 Å². The summed E-state index contributed by atoms with van der Waals surface area (Å²) in [5.41, 5.74) is 7.95. The van der Waals surface area contributed by atoms with Gasteiger partial charge in [0.1, 0.15) is 5.82 Å². The lowest BCUT2D eigenvalue weighted by atomic mass is 9.67. The molecule has 0 saturated carbocycles. The minimum absolute atomic E-state index is 0.307. The number of aryl methyl sites for hydroxylation is 1. The van der Waals surface area contributed by atoms with Crippen LogP contribution >= 0.6 is 0 Å². The molecule has 1 aromatic heterocycles. The van der Waals surface area contributed by atoms with Gasteiger partial charge in [0, 0.05) is 18.9 Å². The van der Waals surface area contributed by atoms with Gasteiger partial charge in [0.05, 0.1) is 11.0 Å². The minimum Gasteiger partial charge on any atom is -0.331 e. The number of rotatable bonds is 2. The van der Waals surface area contributed by atoms with E-state index in [-0.39, 0.29) is 0 Å². The third-order valence-corrected chi connectivity index (χ3v) is 9.42. The highest BCUT2D eigenvalue weighted by Crippen LogP contribution is 2.52. The second-order valence-electron chi connectivity index (χ2n) is 11.5. The van der Waals surface area contributed by atoms with Crippen molar-refractivity contribution >= 4 is 44.2 Å². The Balaban J connectivity index is 1.35. The van der Waals surface area contributed by atoms with Crippen LogP contribution in [-0.2, 0) is 7.05 Å². The third kappa shape index (κ3) is 3.37. The lowest BCUT2D eigenvalue weighted by Crippen LogP contribution is -2.20. The molecule has 3 aliphatic carbocycles. The molecular formula is C37H32N2. The molecule has 8 rings (SSSR count). The first-order valence-corrected chi connectivity index (χ1v) is 14.3. The van der Waals surface area contributed by atoms with Crippen molar-refractivity contribution in [1.29, 1.82) is 0 Å². The predicted octanol–water partition coefficient (Wildman–Crippen LogP) is 9.33. The van der Waals surface area contributed by atoms with E-state index in [0.29, 0.717) is 23.7 Å².